The van der Waals surface area contributed by atoms with E-state index in [2.05, 4.69) is 48.8 Å². The molecule has 0 N–H and O–H groups in total. The van der Waals surface area contributed by atoms with Crippen LogP contribution < -0.4 is 4.74 Å². The highest BCUT2D eigenvalue weighted by Crippen LogP contribution is 2.52. The van der Waals surface area contributed by atoms with Crippen molar-refractivity contribution in [2.45, 2.75) is 76.0 Å². The number of morpholine rings is 1. The number of rotatable bonds is 6. The largest absolute Gasteiger partial charge is 0.497 e. The van der Waals surface area contributed by atoms with Crippen LogP contribution >= 0.6 is 0 Å². The third-order valence-electron chi connectivity index (χ3n) is 8.87. The number of benzene rings is 1. The number of nitrogens with zero attached hydrogens (tertiary/aromatic N) is 2. The number of hydrogen-bond acceptors (Lipinski definition) is 5. The predicted molar refractivity (Wildman–Crippen MR) is 128 cm³/mol. The molecule has 5 rings (SSSR count). The summed E-state index contributed by atoms with van der Waals surface area (Å²) >= 11 is 0. The molecule has 1 aliphatic carbocycles. The van der Waals surface area contributed by atoms with E-state index in [-0.39, 0.29) is 17.1 Å². The Labute approximate surface area is 194 Å². The molecule has 5 nitrogen and oxygen atoms in total. The van der Waals surface area contributed by atoms with Crippen molar-refractivity contribution in [2.24, 2.45) is 5.92 Å². The van der Waals surface area contributed by atoms with Gasteiger partial charge in [0.2, 0.25) is 0 Å². The molecule has 1 aromatic rings. The van der Waals surface area contributed by atoms with Gasteiger partial charge in [-0.25, -0.2) is 0 Å². The lowest BCUT2D eigenvalue weighted by atomic mass is 9.59. The van der Waals surface area contributed by atoms with Crippen LogP contribution in [0.2, 0.25) is 0 Å². The Balaban J connectivity index is 1.54. The fourth-order valence-corrected chi connectivity index (χ4v) is 6.86. The molecule has 178 valence electrons. The van der Waals surface area contributed by atoms with E-state index in [1.165, 1.54) is 30.5 Å². The lowest BCUT2D eigenvalue weighted by Crippen LogP contribution is -2.69. The zero-order valence-electron chi connectivity index (χ0n) is 20.6. The highest BCUT2D eigenvalue weighted by molar-refractivity contribution is 5.43. The summed E-state index contributed by atoms with van der Waals surface area (Å²) in [6.07, 6.45) is 6.39. The lowest BCUT2D eigenvalue weighted by molar-refractivity contribution is -0.177. The molecule has 32 heavy (non-hydrogen) atoms. The van der Waals surface area contributed by atoms with Crippen LogP contribution in [0.15, 0.2) is 18.2 Å². The van der Waals surface area contributed by atoms with Crippen molar-refractivity contribution < 1.29 is 14.2 Å². The van der Waals surface area contributed by atoms with Crippen molar-refractivity contribution in [1.29, 1.82) is 0 Å². The Kier molecular flexibility index (Phi) is 6.30. The molecule has 0 spiro atoms. The van der Waals surface area contributed by atoms with Crippen molar-refractivity contribution in [3.05, 3.63) is 29.3 Å². The van der Waals surface area contributed by atoms with Crippen LogP contribution in [0.1, 0.15) is 57.6 Å². The van der Waals surface area contributed by atoms with E-state index in [0.29, 0.717) is 6.04 Å². The second kappa shape index (κ2) is 8.90. The van der Waals surface area contributed by atoms with E-state index >= 15 is 0 Å². The first-order valence-corrected chi connectivity index (χ1v) is 12.8. The van der Waals surface area contributed by atoms with E-state index in [1.54, 1.807) is 7.11 Å². The van der Waals surface area contributed by atoms with Gasteiger partial charge in [-0.15, -0.1) is 0 Å². The minimum absolute atomic E-state index is 0.0185. The minimum Gasteiger partial charge on any atom is -0.497 e. The molecule has 1 aromatic carbocycles. The molecule has 4 aliphatic rings. The van der Waals surface area contributed by atoms with E-state index in [0.717, 1.165) is 70.4 Å². The number of fused-ring (bicyclic) bond motifs is 1. The quantitative estimate of drug-likeness (QED) is 0.668. The molecule has 4 atom stereocenters. The molecule has 0 aromatic heterocycles. The van der Waals surface area contributed by atoms with Crippen LogP contribution in [0.25, 0.3) is 0 Å². The summed E-state index contributed by atoms with van der Waals surface area (Å²) in [7, 11) is 1.79. The van der Waals surface area contributed by atoms with Crippen LogP contribution in [-0.4, -0.2) is 80.6 Å². The molecule has 1 saturated carbocycles. The zero-order valence-corrected chi connectivity index (χ0v) is 20.6. The predicted octanol–water partition coefficient (Wildman–Crippen LogP) is 3.88. The fourth-order valence-electron chi connectivity index (χ4n) is 6.86. The Morgan fingerprint density at radius 1 is 1.16 bits per heavy atom. The highest BCUT2D eigenvalue weighted by atomic mass is 16.5. The van der Waals surface area contributed by atoms with Crippen molar-refractivity contribution in [3.63, 3.8) is 0 Å². The number of methoxy groups -OCH3 is 1. The van der Waals surface area contributed by atoms with Gasteiger partial charge < -0.3 is 14.2 Å². The lowest BCUT2D eigenvalue weighted by Gasteiger charge is -2.60. The topological polar surface area (TPSA) is 34.2 Å². The van der Waals surface area contributed by atoms with Crippen LogP contribution in [0.4, 0.5) is 0 Å². The molecule has 5 heteroatoms. The molecular formula is C27H42N2O3. The monoisotopic (exact) mass is 442 g/mol. The third-order valence-corrected chi connectivity index (χ3v) is 8.87. The van der Waals surface area contributed by atoms with Gasteiger partial charge in [-0.1, -0.05) is 13.0 Å². The first-order chi connectivity index (χ1) is 15.5. The summed E-state index contributed by atoms with van der Waals surface area (Å²) in [5.41, 5.74) is 2.98. The van der Waals surface area contributed by atoms with Gasteiger partial charge in [-0.2, -0.15) is 0 Å². The van der Waals surface area contributed by atoms with Crippen molar-refractivity contribution in [2.75, 3.05) is 53.1 Å². The molecule has 4 fully saturated rings. The van der Waals surface area contributed by atoms with Crippen molar-refractivity contribution in [1.82, 2.24) is 9.80 Å². The normalized spacial score (nSPS) is 36.6. The summed E-state index contributed by atoms with van der Waals surface area (Å²) in [6.45, 7) is 14.0. The number of aryl methyl sites for hydroxylation is 1. The van der Waals surface area contributed by atoms with Gasteiger partial charge in [-0.05, 0) is 81.7 Å². The van der Waals surface area contributed by atoms with E-state index in [1.807, 2.05) is 0 Å². The van der Waals surface area contributed by atoms with Crippen molar-refractivity contribution in [3.8, 4) is 5.75 Å². The van der Waals surface area contributed by atoms with Crippen LogP contribution in [0.3, 0.4) is 0 Å². The Morgan fingerprint density at radius 2 is 1.94 bits per heavy atom. The zero-order chi connectivity index (χ0) is 22.3. The van der Waals surface area contributed by atoms with E-state index in [4.69, 9.17) is 14.2 Å². The fraction of sp³-hybridized carbons (Fsp3) is 0.778. The summed E-state index contributed by atoms with van der Waals surface area (Å²) in [5, 5.41) is 0. The molecule has 3 unspecified atom stereocenters. The Bertz CT molecular complexity index is 806. The first kappa shape index (κ1) is 22.6. The molecule has 3 aliphatic heterocycles. The molecule has 0 amide bonds. The van der Waals surface area contributed by atoms with Crippen LogP contribution in [0, 0.1) is 5.92 Å². The summed E-state index contributed by atoms with van der Waals surface area (Å²) in [6, 6.07) is 7.20. The SMILES string of the molecule is CCc1ccc(OC)cc1[C@]12CCN(CC3CC3)C(C)C1OCC(C)(N1CCOCC1)C2. The van der Waals surface area contributed by atoms with Crippen molar-refractivity contribution >= 4 is 0 Å². The average Bonchev–Trinajstić information content (AvgIpc) is 3.65. The number of hydrogen-bond donors (Lipinski definition) is 0. The summed E-state index contributed by atoms with van der Waals surface area (Å²) < 4.78 is 18.4. The van der Waals surface area contributed by atoms with Gasteiger partial charge in [0.25, 0.3) is 0 Å². The number of likely N-dealkylation sites (tertiary alicyclic amines) is 1. The summed E-state index contributed by atoms with van der Waals surface area (Å²) in [4.78, 5) is 5.37. The molecule has 0 radical (unpaired) electrons. The van der Waals surface area contributed by atoms with Gasteiger partial charge in [0.1, 0.15) is 5.75 Å². The second-order valence-electron chi connectivity index (χ2n) is 11.0. The third kappa shape index (κ3) is 4.00. The molecule has 3 heterocycles. The van der Waals surface area contributed by atoms with Gasteiger partial charge in [0.05, 0.1) is 33.0 Å². The standard InChI is InChI=1S/C27H42N2O3/c1-5-22-8-9-23(30-4)16-24(22)27-10-11-28(17-21-6-7-21)20(2)25(27)32-19-26(3,18-27)29-12-14-31-15-13-29/h8-9,16,20-21,25H,5-7,10-15,17-19H2,1-4H3/t20?,25?,26?,27-/m1/s1. The van der Waals surface area contributed by atoms with E-state index < -0.39 is 0 Å². The smallest absolute Gasteiger partial charge is 0.119 e. The maximum atomic E-state index is 6.96. The Hall–Kier alpha value is -1.14. The highest BCUT2D eigenvalue weighted by Gasteiger charge is 2.57. The molecule has 0 bridgehead atoms. The van der Waals surface area contributed by atoms with Gasteiger partial charge >= 0.3 is 0 Å². The van der Waals surface area contributed by atoms with E-state index in [9.17, 15) is 0 Å². The van der Waals surface area contributed by atoms with Crippen LogP contribution in [0.5, 0.6) is 5.75 Å². The molecular weight excluding hydrogens is 400 g/mol. The van der Waals surface area contributed by atoms with Crippen LogP contribution in [-0.2, 0) is 21.3 Å². The maximum Gasteiger partial charge on any atom is 0.119 e. The minimum atomic E-state index is 0.0185. The number of piperidine rings is 1. The Morgan fingerprint density at radius 3 is 2.62 bits per heavy atom. The summed E-state index contributed by atoms with van der Waals surface area (Å²) in [5.74, 6) is 1.88. The molecule has 3 saturated heterocycles. The average molecular weight is 443 g/mol. The van der Waals surface area contributed by atoms with Gasteiger partial charge in [0, 0.05) is 36.6 Å². The van der Waals surface area contributed by atoms with Gasteiger partial charge in [0.15, 0.2) is 0 Å². The van der Waals surface area contributed by atoms with Gasteiger partial charge in [-0.3, -0.25) is 9.80 Å². The number of ether oxygens (including phenoxy) is 3. The first-order valence-electron chi connectivity index (χ1n) is 12.8. The maximum absolute atomic E-state index is 6.96. The second-order valence-corrected chi connectivity index (χ2v) is 11.0.